The van der Waals surface area contributed by atoms with E-state index in [1.54, 1.807) is 0 Å². The van der Waals surface area contributed by atoms with Gasteiger partial charge in [0.05, 0.1) is 0 Å². The topological polar surface area (TPSA) is 29.1 Å². The molecule has 1 N–H and O–H groups in total. The Bertz CT molecular complexity index is 587. The first kappa shape index (κ1) is 21.7. The van der Waals surface area contributed by atoms with E-state index in [1.807, 2.05) is 31.2 Å². The summed E-state index contributed by atoms with van der Waals surface area (Å²) in [6.07, 6.45) is 5.64. The average Bonchev–Trinajstić information content (AvgIpc) is 2.81. The van der Waals surface area contributed by atoms with Crippen molar-refractivity contribution in [2.24, 2.45) is 0 Å². The van der Waals surface area contributed by atoms with Gasteiger partial charge in [0.25, 0.3) is 0 Å². The molecule has 1 aromatic rings. The fourth-order valence-corrected chi connectivity index (χ4v) is 11.6. The van der Waals surface area contributed by atoms with Crippen LogP contribution in [0.25, 0.3) is 0 Å². The van der Waals surface area contributed by atoms with E-state index in [-0.39, 0.29) is 30.7 Å². The van der Waals surface area contributed by atoms with Crippen LogP contribution in [-0.4, -0.2) is 12.6 Å². The predicted molar refractivity (Wildman–Crippen MR) is 84.0 cm³/mol. The van der Waals surface area contributed by atoms with Crippen LogP contribution in [0.2, 0.25) is 13.1 Å². The van der Waals surface area contributed by atoms with Gasteiger partial charge in [0.1, 0.15) is 0 Å². The summed E-state index contributed by atoms with van der Waals surface area (Å²) >= 11 is -1.60. The minimum Gasteiger partial charge on any atom is -1.00 e. The maximum absolute atomic E-state index is 12.5. The SMILES string of the molecule is CC1=CC[C]([Ti+2]([NH]C(=O)c2cccc(C)c2)[SiH](C)C)=C1.[Cl-].[Cl-]. The third-order valence-corrected chi connectivity index (χ3v) is 14.6. The van der Waals surface area contributed by atoms with Gasteiger partial charge in [0, 0.05) is 0 Å². The van der Waals surface area contributed by atoms with Crippen molar-refractivity contribution in [3.05, 3.63) is 57.0 Å². The summed E-state index contributed by atoms with van der Waals surface area (Å²) in [5.41, 5.74) is 3.29. The van der Waals surface area contributed by atoms with Gasteiger partial charge in [-0.1, -0.05) is 0 Å². The van der Waals surface area contributed by atoms with Gasteiger partial charge >= 0.3 is 129 Å². The molecule has 1 aliphatic rings. The smallest absolute Gasteiger partial charge is 1.00 e. The van der Waals surface area contributed by atoms with Gasteiger partial charge in [0.2, 0.25) is 0 Å². The Hall–Kier alpha value is -0.319. The number of hydrogen-bond donors (Lipinski definition) is 1. The number of carbonyl (C=O) groups excluding carboxylic acids is 1. The van der Waals surface area contributed by atoms with Crippen LogP contribution < -0.4 is 28.6 Å². The Labute approximate surface area is 153 Å². The molecule has 0 spiro atoms. The quantitative estimate of drug-likeness (QED) is 0.565. The number of hydrogen-bond acceptors (Lipinski definition) is 1. The molecule has 2 rings (SSSR count). The molecule has 0 atom stereocenters. The molecule has 0 heterocycles. The molecule has 0 aliphatic heterocycles. The molecule has 0 aromatic heterocycles. The van der Waals surface area contributed by atoms with Gasteiger partial charge < -0.3 is 24.8 Å². The van der Waals surface area contributed by atoms with Crippen molar-refractivity contribution in [1.29, 1.82) is 0 Å². The Morgan fingerprint density at radius 1 is 1.23 bits per heavy atom. The van der Waals surface area contributed by atoms with Crippen molar-refractivity contribution in [3.8, 4) is 0 Å². The number of nitrogens with one attached hydrogen (secondary N) is 1. The zero-order valence-corrected chi connectivity index (χ0v) is 17.6. The fourth-order valence-electron chi connectivity index (χ4n) is 2.43. The number of aryl methyl sites for hydroxylation is 1. The molecule has 0 saturated carbocycles. The molecule has 0 saturated heterocycles. The number of carbonyl (C=O) groups is 1. The Balaban J connectivity index is 0.00000220. The summed E-state index contributed by atoms with van der Waals surface area (Å²) in [5.74, 6) is 0.121. The molecule has 0 bridgehead atoms. The summed E-state index contributed by atoms with van der Waals surface area (Å²) in [6.45, 7) is 8.07. The Morgan fingerprint density at radius 2 is 1.91 bits per heavy atom. The van der Waals surface area contributed by atoms with Crippen LogP contribution in [0.4, 0.5) is 0 Å². The maximum atomic E-state index is 12.5. The van der Waals surface area contributed by atoms with Crippen molar-refractivity contribution in [2.45, 2.75) is 33.4 Å². The van der Waals surface area contributed by atoms with Crippen LogP contribution in [0.1, 0.15) is 29.3 Å². The van der Waals surface area contributed by atoms with Gasteiger partial charge in [0.15, 0.2) is 0 Å². The van der Waals surface area contributed by atoms with Gasteiger partial charge in [-0.3, -0.25) is 0 Å². The molecule has 0 fully saturated rings. The summed E-state index contributed by atoms with van der Waals surface area (Å²) in [7, 11) is 0. The van der Waals surface area contributed by atoms with Crippen molar-refractivity contribution in [3.63, 3.8) is 0 Å². The van der Waals surface area contributed by atoms with E-state index < -0.39 is 24.0 Å². The fraction of sp³-hybridized carbons (Fsp3) is 0.312. The Morgan fingerprint density at radius 3 is 2.41 bits per heavy atom. The number of benzene rings is 1. The zero-order chi connectivity index (χ0) is 14.7. The second-order valence-electron chi connectivity index (χ2n) is 5.71. The van der Waals surface area contributed by atoms with E-state index in [9.17, 15) is 4.79 Å². The van der Waals surface area contributed by atoms with E-state index in [1.165, 1.54) is 9.45 Å². The predicted octanol–water partition coefficient (Wildman–Crippen LogP) is -2.52. The molecular formula is C16H22Cl2NOSiTi. The first-order valence-corrected chi connectivity index (χ1v) is 14.2. The van der Waals surface area contributed by atoms with Crippen LogP contribution in [0.5, 0.6) is 0 Å². The summed E-state index contributed by atoms with van der Waals surface area (Å²) in [4.78, 5) is 12.5. The van der Waals surface area contributed by atoms with Crippen LogP contribution in [0.15, 0.2) is 45.9 Å². The van der Waals surface area contributed by atoms with Crippen LogP contribution in [0, 0.1) is 6.92 Å². The normalized spacial score (nSPS) is 12.8. The summed E-state index contributed by atoms with van der Waals surface area (Å²) in [6, 6.07) is 7.86. The van der Waals surface area contributed by atoms with E-state index in [0.29, 0.717) is 0 Å². The second-order valence-corrected chi connectivity index (χ2v) is 18.5. The molecule has 1 aromatic carbocycles. The number of rotatable bonds is 4. The van der Waals surface area contributed by atoms with Crippen molar-refractivity contribution >= 4 is 12.6 Å². The maximum Gasteiger partial charge on any atom is -1.00 e. The minimum atomic E-state index is -1.60. The molecule has 1 aliphatic carbocycles. The third-order valence-electron chi connectivity index (χ3n) is 3.50. The van der Waals surface area contributed by atoms with Crippen molar-refractivity contribution in [1.82, 2.24) is 3.80 Å². The van der Waals surface area contributed by atoms with E-state index in [0.717, 1.165) is 17.5 Å². The number of amides is 1. The monoisotopic (exact) mass is 390 g/mol. The molecular weight excluding hydrogens is 369 g/mol. The molecule has 22 heavy (non-hydrogen) atoms. The van der Waals surface area contributed by atoms with Crippen molar-refractivity contribution < 1.29 is 47.0 Å². The van der Waals surface area contributed by atoms with E-state index in [2.05, 4.69) is 36.0 Å². The van der Waals surface area contributed by atoms with E-state index in [4.69, 9.17) is 0 Å². The standard InChI is InChI=1S/C8H9NO.C6H7.C2H7Si.2ClH.Ti/c1-6-3-2-4-7(5-6)8(9)10;1-6-4-2-3-5-6;1-3-2;;;/h2-5H,1H3,(H2,9,10);4-5H,2H2,1H3;3H,1-2H3;2*1H;/q;;;;;+3/p-3. The summed E-state index contributed by atoms with van der Waals surface area (Å²) in [5, 5.41) is 0. The number of allylic oxidation sites excluding steroid dienone is 4. The third kappa shape index (κ3) is 5.71. The first-order valence-electron chi connectivity index (χ1n) is 7.10. The largest absolute Gasteiger partial charge is 1.00 e. The first-order chi connectivity index (χ1) is 9.47. The van der Waals surface area contributed by atoms with Crippen LogP contribution in [-0.2, 0) is 17.4 Å². The molecule has 0 radical (unpaired) electrons. The average molecular weight is 391 g/mol. The second kappa shape index (κ2) is 9.74. The number of halogens is 2. The summed E-state index contributed by atoms with van der Waals surface area (Å²) < 4.78 is 4.94. The van der Waals surface area contributed by atoms with Crippen molar-refractivity contribution in [2.75, 3.05) is 0 Å². The van der Waals surface area contributed by atoms with Gasteiger partial charge in [-0.2, -0.15) is 0 Å². The Kier molecular flexibility index (Phi) is 9.60. The van der Waals surface area contributed by atoms with E-state index >= 15 is 0 Å². The zero-order valence-electron chi connectivity index (χ0n) is 13.4. The minimum absolute atomic E-state index is 0. The molecule has 2 nitrogen and oxygen atoms in total. The van der Waals surface area contributed by atoms with Crippen LogP contribution in [0.3, 0.4) is 0 Å². The molecule has 0 unspecified atom stereocenters. The van der Waals surface area contributed by atoms with Gasteiger partial charge in [-0.15, -0.1) is 0 Å². The van der Waals surface area contributed by atoms with Crippen LogP contribution >= 0.6 is 0 Å². The van der Waals surface area contributed by atoms with Gasteiger partial charge in [-0.25, -0.2) is 0 Å². The molecule has 1 amide bonds. The molecule has 119 valence electrons. The van der Waals surface area contributed by atoms with Gasteiger partial charge in [-0.05, 0) is 0 Å². The molecule has 6 heteroatoms.